The van der Waals surface area contributed by atoms with Crippen LogP contribution in [0.3, 0.4) is 0 Å². The van der Waals surface area contributed by atoms with Crippen LogP contribution in [0.5, 0.6) is 0 Å². The molecule has 1 aliphatic heterocycles. The van der Waals surface area contributed by atoms with Crippen LogP contribution in [0.25, 0.3) is 0 Å². The van der Waals surface area contributed by atoms with Crippen LogP contribution in [0.4, 0.5) is 4.79 Å². The van der Waals surface area contributed by atoms with Crippen molar-refractivity contribution in [2.75, 3.05) is 20.2 Å². The molecule has 0 bridgehead atoms. The van der Waals surface area contributed by atoms with E-state index in [0.717, 1.165) is 32.4 Å². The number of hydrogen-bond acceptors (Lipinski definition) is 2. The van der Waals surface area contributed by atoms with Gasteiger partial charge in [-0.05, 0) is 25.7 Å². The van der Waals surface area contributed by atoms with Gasteiger partial charge >= 0.3 is 6.09 Å². The zero-order valence-electron chi connectivity index (χ0n) is 6.88. The van der Waals surface area contributed by atoms with E-state index < -0.39 is 0 Å². The molecule has 0 atom stereocenters. The fraction of sp³-hybridized carbons (Fsp3) is 0.750. The van der Waals surface area contributed by atoms with Gasteiger partial charge in [-0.1, -0.05) is 0 Å². The lowest BCUT2D eigenvalue weighted by Crippen LogP contribution is -2.31. The minimum absolute atomic E-state index is 0.194. The van der Waals surface area contributed by atoms with Crippen LogP contribution in [0.2, 0.25) is 0 Å². The molecule has 63 valence electrons. The summed E-state index contributed by atoms with van der Waals surface area (Å²) in [5, 5.41) is 0. The van der Waals surface area contributed by atoms with Crippen LogP contribution in [0.1, 0.15) is 19.3 Å². The monoisotopic (exact) mass is 156 g/mol. The molecule has 1 heterocycles. The van der Waals surface area contributed by atoms with E-state index in [1.165, 1.54) is 7.11 Å². The Labute approximate surface area is 67.3 Å². The molecule has 0 aliphatic carbocycles. The van der Waals surface area contributed by atoms with E-state index in [0.29, 0.717) is 0 Å². The topological polar surface area (TPSA) is 29.5 Å². The lowest BCUT2D eigenvalue weighted by Gasteiger charge is -2.17. The van der Waals surface area contributed by atoms with Crippen LogP contribution in [-0.2, 0) is 4.74 Å². The summed E-state index contributed by atoms with van der Waals surface area (Å²) in [6.07, 6.45) is 5.21. The highest BCUT2D eigenvalue weighted by Crippen LogP contribution is 2.08. The summed E-state index contributed by atoms with van der Waals surface area (Å²) < 4.78 is 4.62. The van der Waals surface area contributed by atoms with Crippen molar-refractivity contribution < 1.29 is 9.53 Å². The lowest BCUT2D eigenvalue weighted by molar-refractivity contribution is 0.125. The van der Waals surface area contributed by atoms with Crippen LogP contribution in [0, 0.1) is 6.42 Å². The summed E-state index contributed by atoms with van der Waals surface area (Å²) >= 11 is 0. The second kappa shape index (κ2) is 4.21. The average Bonchev–Trinajstić information content (AvgIpc) is 2.30. The zero-order valence-corrected chi connectivity index (χ0v) is 6.88. The summed E-state index contributed by atoms with van der Waals surface area (Å²) in [6.45, 7) is 1.65. The highest BCUT2D eigenvalue weighted by Gasteiger charge is 2.14. The van der Waals surface area contributed by atoms with Gasteiger partial charge < -0.3 is 9.64 Å². The first-order valence-corrected chi connectivity index (χ1v) is 3.99. The maximum Gasteiger partial charge on any atom is 0.409 e. The molecule has 0 aromatic heterocycles. The summed E-state index contributed by atoms with van der Waals surface area (Å²) in [6, 6.07) is 0. The number of amides is 1. The largest absolute Gasteiger partial charge is 0.453 e. The maximum absolute atomic E-state index is 11.0. The summed E-state index contributed by atoms with van der Waals surface area (Å²) in [7, 11) is 1.43. The second-order valence-electron chi connectivity index (χ2n) is 2.68. The predicted molar refractivity (Wildman–Crippen MR) is 42.1 cm³/mol. The van der Waals surface area contributed by atoms with Gasteiger partial charge in [-0.25, -0.2) is 4.79 Å². The zero-order chi connectivity index (χ0) is 8.10. The minimum Gasteiger partial charge on any atom is -0.453 e. The Balaban J connectivity index is 2.36. The first kappa shape index (κ1) is 8.37. The molecule has 11 heavy (non-hydrogen) atoms. The molecular formula is C8H14NO2. The van der Waals surface area contributed by atoms with Crippen LogP contribution >= 0.6 is 0 Å². The molecule has 1 radical (unpaired) electrons. The first-order valence-electron chi connectivity index (χ1n) is 3.99. The number of rotatable bonds is 0. The van der Waals surface area contributed by atoms with Crippen LogP contribution in [0.15, 0.2) is 0 Å². The van der Waals surface area contributed by atoms with Gasteiger partial charge in [-0.15, -0.1) is 0 Å². The molecule has 0 saturated carbocycles. The molecule has 1 aliphatic rings. The minimum atomic E-state index is -0.194. The third-order valence-corrected chi connectivity index (χ3v) is 1.87. The molecule has 1 fully saturated rings. The van der Waals surface area contributed by atoms with E-state index in [1.807, 2.05) is 0 Å². The van der Waals surface area contributed by atoms with Gasteiger partial charge in [0.15, 0.2) is 0 Å². The van der Waals surface area contributed by atoms with Crippen molar-refractivity contribution in [2.24, 2.45) is 0 Å². The maximum atomic E-state index is 11.0. The van der Waals surface area contributed by atoms with Gasteiger partial charge in [0.25, 0.3) is 0 Å². The third kappa shape index (κ3) is 2.41. The Kier molecular flexibility index (Phi) is 3.20. The first-order chi connectivity index (χ1) is 5.34. The van der Waals surface area contributed by atoms with Crippen LogP contribution in [-0.4, -0.2) is 31.2 Å². The molecule has 1 amide bonds. The Morgan fingerprint density at radius 2 is 2.27 bits per heavy atom. The van der Waals surface area contributed by atoms with Crippen molar-refractivity contribution >= 4 is 6.09 Å². The number of hydrogen-bond donors (Lipinski definition) is 0. The van der Waals surface area contributed by atoms with E-state index in [-0.39, 0.29) is 6.09 Å². The number of likely N-dealkylation sites (tertiary alicyclic amines) is 1. The summed E-state index contributed by atoms with van der Waals surface area (Å²) in [5.74, 6) is 0. The Hall–Kier alpha value is -0.730. The fourth-order valence-electron chi connectivity index (χ4n) is 1.24. The fourth-order valence-corrected chi connectivity index (χ4v) is 1.24. The molecule has 0 unspecified atom stereocenters. The molecular weight excluding hydrogens is 142 g/mol. The van der Waals surface area contributed by atoms with E-state index in [9.17, 15) is 4.79 Å². The Bertz CT molecular complexity index is 128. The van der Waals surface area contributed by atoms with Crippen LogP contribution < -0.4 is 0 Å². The van der Waals surface area contributed by atoms with Gasteiger partial charge in [0.05, 0.1) is 7.11 Å². The van der Waals surface area contributed by atoms with Crippen molar-refractivity contribution in [1.29, 1.82) is 0 Å². The molecule has 1 rings (SSSR count). The van der Waals surface area contributed by atoms with Crippen molar-refractivity contribution in [1.82, 2.24) is 4.90 Å². The number of nitrogens with zero attached hydrogens (tertiary/aromatic N) is 1. The number of carbonyl (C=O) groups is 1. The molecule has 0 N–H and O–H groups in total. The highest BCUT2D eigenvalue weighted by molar-refractivity contribution is 5.67. The summed E-state index contributed by atoms with van der Waals surface area (Å²) in [4.78, 5) is 12.8. The molecule has 0 aromatic rings. The van der Waals surface area contributed by atoms with Gasteiger partial charge in [0.1, 0.15) is 0 Å². The SMILES string of the molecule is COC(=O)N1CC[CH]CCC1. The smallest absolute Gasteiger partial charge is 0.409 e. The second-order valence-corrected chi connectivity index (χ2v) is 2.68. The van der Waals surface area contributed by atoms with Crippen molar-refractivity contribution in [3.63, 3.8) is 0 Å². The predicted octanol–water partition coefficient (Wildman–Crippen LogP) is 1.44. The van der Waals surface area contributed by atoms with Gasteiger partial charge in [0, 0.05) is 13.1 Å². The molecule has 3 heteroatoms. The van der Waals surface area contributed by atoms with Gasteiger partial charge in [-0.2, -0.15) is 0 Å². The normalized spacial score (nSPS) is 19.2. The van der Waals surface area contributed by atoms with Crippen molar-refractivity contribution in [3.8, 4) is 0 Å². The molecule has 1 saturated heterocycles. The van der Waals surface area contributed by atoms with Crippen molar-refractivity contribution in [3.05, 3.63) is 6.42 Å². The van der Waals surface area contributed by atoms with Gasteiger partial charge in [-0.3, -0.25) is 0 Å². The molecule has 0 aromatic carbocycles. The third-order valence-electron chi connectivity index (χ3n) is 1.87. The lowest BCUT2D eigenvalue weighted by atomic mass is 10.2. The Morgan fingerprint density at radius 3 is 3.00 bits per heavy atom. The number of methoxy groups -OCH3 is 1. The van der Waals surface area contributed by atoms with E-state index in [1.54, 1.807) is 4.90 Å². The van der Waals surface area contributed by atoms with E-state index >= 15 is 0 Å². The standard InChI is InChI=1S/C8H14NO2/c1-11-8(10)9-6-4-2-3-5-7-9/h2H,3-7H2,1H3. The van der Waals surface area contributed by atoms with Crippen molar-refractivity contribution in [2.45, 2.75) is 19.3 Å². The van der Waals surface area contributed by atoms with E-state index in [2.05, 4.69) is 11.2 Å². The highest BCUT2D eigenvalue weighted by atomic mass is 16.5. The summed E-state index contributed by atoms with van der Waals surface area (Å²) in [5.41, 5.74) is 0. The molecule has 3 nitrogen and oxygen atoms in total. The quantitative estimate of drug-likeness (QED) is 0.531. The van der Waals surface area contributed by atoms with Gasteiger partial charge in [0.2, 0.25) is 0 Å². The Morgan fingerprint density at radius 1 is 1.45 bits per heavy atom. The van der Waals surface area contributed by atoms with E-state index in [4.69, 9.17) is 0 Å². The average molecular weight is 156 g/mol. The molecule has 0 spiro atoms. The number of ether oxygens (including phenoxy) is 1. The number of carbonyl (C=O) groups excluding carboxylic acids is 1.